The summed E-state index contributed by atoms with van der Waals surface area (Å²) in [6.45, 7) is 2.18. The van der Waals surface area contributed by atoms with Crippen LogP contribution in [0.3, 0.4) is 0 Å². The number of aliphatic hydroxyl groups is 1. The lowest BCUT2D eigenvalue weighted by Crippen LogP contribution is -2.45. The monoisotopic (exact) mass is 254 g/mol. The van der Waals surface area contributed by atoms with Gasteiger partial charge in [-0.1, -0.05) is 12.8 Å². The van der Waals surface area contributed by atoms with Gasteiger partial charge in [-0.05, 0) is 51.1 Å². The Morgan fingerprint density at radius 1 is 1.22 bits per heavy atom. The van der Waals surface area contributed by atoms with Crippen molar-refractivity contribution in [2.45, 2.75) is 63.5 Å². The van der Waals surface area contributed by atoms with Crippen LogP contribution in [0.25, 0.3) is 0 Å². The lowest BCUT2D eigenvalue weighted by Gasteiger charge is -2.28. The Bertz CT molecular complexity index is 265. The summed E-state index contributed by atoms with van der Waals surface area (Å²) < 4.78 is 0. The molecule has 1 amide bonds. The molecule has 1 saturated carbocycles. The van der Waals surface area contributed by atoms with Crippen LogP contribution in [0, 0.1) is 5.92 Å². The third-order valence-corrected chi connectivity index (χ3v) is 4.25. The number of amides is 1. The minimum absolute atomic E-state index is 0.00395. The Balaban J connectivity index is 1.64. The first-order chi connectivity index (χ1) is 8.75. The first-order valence-electron chi connectivity index (χ1n) is 7.44. The molecule has 2 rings (SSSR count). The van der Waals surface area contributed by atoms with Crippen LogP contribution in [0.15, 0.2) is 0 Å². The molecule has 0 aromatic heterocycles. The molecule has 4 nitrogen and oxygen atoms in total. The van der Waals surface area contributed by atoms with E-state index in [-0.39, 0.29) is 18.1 Å². The van der Waals surface area contributed by atoms with E-state index in [9.17, 15) is 9.90 Å². The van der Waals surface area contributed by atoms with Gasteiger partial charge in [0.05, 0.1) is 12.1 Å². The van der Waals surface area contributed by atoms with Crippen molar-refractivity contribution >= 4 is 5.91 Å². The molecule has 0 bridgehead atoms. The predicted molar refractivity (Wildman–Crippen MR) is 71.2 cm³/mol. The second-order valence-electron chi connectivity index (χ2n) is 5.78. The Morgan fingerprint density at radius 3 is 2.78 bits per heavy atom. The van der Waals surface area contributed by atoms with Crippen LogP contribution in [0.5, 0.6) is 0 Å². The second kappa shape index (κ2) is 7.10. The number of aliphatic hydroxyl groups excluding tert-OH is 1. The van der Waals surface area contributed by atoms with E-state index >= 15 is 0 Å². The highest BCUT2D eigenvalue weighted by Gasteiger charge is 2.24. The summed E-state index contributed by atoms with van der Waals surface area (Å²) in [7, 11) is 0. The van der Waals surface area contributed by atoms with Gasteiger partial charge in [0.25, 0.3) is 0 Å². The number of hydrogen-bond acceptors (Lipinski definition) is 3. The van der Waals surface area contributed by atoms with Gasteiger partial charge in [-0.3, -0.25) is 4.79 Å². The number of hydrogen-bond donors (Lipinski definition) is 3. The van der Waals surface area contributed by atoms with E-state index in [0.717, 1.165) is 45.2 Å². The maximum Gasteiger partial charge on any atom is 0.220 e. The van der Waals surface area contributed by atoms with Crippen molar-refractivity contribution in [2.24, 2.45) is 5.92 Å². The maximum absolute atomic E-state index is 11.9. The number of carbonyl (C=O) groups is 1. The van der Waals surface area contributed by atoms with Gasteiger partial charge >= 0.3 is 0 Å². The molecule has 1 saturated heterocycles. The minimum atomic E-state index is -0.334. The summed E-state index contributed by atoms with van der Waals surface area (Å²) in [6, 6.07) is -0.00395. The van der Waals surface area contributed by atoms with Crippen LogP contribution in [-0.2, 0) is 4.79 Å². The average Bonchev–Trinajstić information content (AvgIpc) is 2.40. The SMILES string of the molecule is O=C(CCC1CCCNC1)N[C@H]1CCCC[C@@H]1O. The van der Waals surface area contributed by atoms with E-state index in [2.05, 4.69) is 10.6 Å². The maximum atomic E-state index is 11.9. The second-order valence-corrected chi connectivity index (χ2v) is 5.78. The van der Waals surface area contributed by atoms with Crippen molar-refractivity contribution in [3.63, 3.8) is 0 Å². The quantitative estimate of drug-likeness (QED) is 0.706. The number of nitrogens with one attached hydrogen (secondary N) is 2. The van der Waals surface area contributed by atoms with Crippen molar-refractivity contribution in [1.82, 2.24) is 10.6 Å². The van der Waals surface area contributed by atoms with Crippen LogP contribution >= 0.6 is 0 Å². The zero-order chi connectivity index (χ0) is 12.8. The van der Waals surface area contributed by atoms with Gasteiger partial charge in [-0.15, -0.1) is 0 Å². The molecule has 18 heavy (non-hydrogen) atoms. The standard InChI is InChI=1S/C14H26N2O2/c17-13-6-2-1-5-12(13)16-14(18)8-7-11-4-3-9-15-10-11/h11-13,15,17H,1-10H2,(H,16,18)/t11?,12-,13-/m0/s1. The molecule has 0 spiro atoms. The van der Waals surface area contributed by atoms with Gasteiger partial charge in [0, 0.05) is 6.42 Å². The first-order valence-corrected chi connectivity index (χ1v) is 7.44. The van der Waals surface area contributed by atoms with Gasteiger partial charge in [0.2, 0.25) is 5.91 Å². The zero-order valence-electron chi connectivity index (χ0n) is 11.2. The van der Waals surface area contributed by atoms with E-state index in [4.69, 9.17) is 0 Å². The van der Waals surface area contributed by atoms with Crippen LogP contribution in [0.1, 0.15) is 51.4 Å². The van der Waals surface area contributed by atoms with E-state index in [1.165, 1.54) is 12.8 Å². The summed E-state index contributed by atoms with van der Waals surface area (Å²) in [5.41, 5.74) is 0. The first kappa shape index (κ1) is 13.8. The van der Waals surface area contributed by atoms with E-state index in [1.54, 1.807) is 0 Å². The fourth-order valence-corrected chi connectivity index (χ4v) is 3.06. The molecule has 0 radical (unpaired) electrons. The molecule has 3 atom stereocenters. The molecule has 104 valence electrons. The molecule has 0 aromatic rings. The molecule has 1 heterocycles. The van der Waals surface area contributed by atoms with Gasteiger partial charge < -0.3 is 15.7 Å². The minimum Gasteiger partial charge on any atom is -0.391 e. The van der Waals surface area contributed by atoms with Crippen LogP contribution in [0.2, 0.25) is 0 Å². The fraction of sp³-hybridized carbons (Fsp3) is 0.929. The summed E-state index contributed by atoms with van der Waals surface area (Å²) >= 11 is 0. The normalized spacial score (nSPS) is 33.1. The van der Waals surface area contributed by atoms with Crippen LogP contribution in [0.4, 0.5) is 0 Å². The van der Waals surface area contributed by atoms with Crippen molar-refractivity contribution in [3.05, 3.63) is 0 Å². The van der Waals surface area contributed by atoms with Gasteiger partial charge in [0.15, 0.2) is 0 Å². The average molecular weight is 254 g/mol. The Labute approximate surface area is 110 Å². The fourth-order valence-electron chi connectivity index (χ4n) is 3.06. The summed E-state index contributed by atoms with van der Waals surface area (Å²) in [6.07, 6.45) is 7.68. The van der Waals surface area contributed by atoms with E-state index in [1.807, 2.05) is 0 Å². The van der Waals surface area contributed by atoms with Crippen LogP contribution in [-0.4, -0.2) is 36.2 Å². The van der Waals surface area contributed by atoms with Gasteiger partial charge in [-0.2, -0.15) is 0 Å². The van der Waals surface area contributed by atoms with E-state index < -0.39 is 0 Å². The topological polar surface area (TPSA) is 61.4 Å². The number of rotatable bonds is 4. The van der Waals surface area contributed by atoms with Crippen molar-refractivity contribution < 1.29 is 9.90 Å². The third kappa shape index (κ3) is 4.25. The summed E-state index contributed by atoms with van der Waals surface area (Å²) in [4.78, 5) is 11.9. The smallest absolute Gasteiger partial charge is 0.220 e. The van der Waals surface area contributed by atoms with Crippen molar-refractivity contribution in [1.29, 1.82) is 0 Å². The Hall–Kier alpha value is -0.610. The molecule has 3 N–H and O–H groups in total. The molecule has 4 heteroatoms. The molecule has 2 fully saturated rings. The van der Waals surface area contributed by atoms with Crippen molar-refractivity contribution in [2.75, 3.05) is 13.1 Å². The Kier molecular flexibility index (Phi) is 5.45. The largest absolute Gasteiger partial charge is 0.391 e. The predicted octanol–water partition coefficient (Wildman–Crippen LogP) is 1.19. The summed E-state index contributed by atoms with van der Waals surface area (Å²) in [5.74, 6) is 0.771. The molecule has 1 aliphatic carbocycles. The lowest BCUT2D eigenvalue weighted by molar-refractivity contribution is -0.123. The highest BCUT2D eigenvalue weighted by atomic mass is 16.3. The molecular formula is C14H26N2O2. The zero-order valence-corrected chi connectivity index (χ0v) is 11.2. The number of piperidine rings is 1. The van der Waals surface area contributed by atoms with Crippen molar-refractivity contribution in [3.8, 4) is 0 Å². The summed E-state index contributed by atoms with van der Waals surface area (Å²) in [5, 5.41) is 16.2. The molecule has 2 aliphatic rings. The van der Waals surface area contributed by atoms with E-state index in [0.29, 0.717) is 12.3 Å². The molecule has 1 aliphatic heterocycles. The third-order valence-electron chi connectivity index (χ3n) is 4.25. The highest BCUT2D eigenvalue weighted by molar-refractivity contribution is 5.76. The molecular weight excluding hydrogens is 228 g/mol. The highest BCUT2D eigenvalue weighted by Crippen LogP contribution is 2.19. The molecule has 1 unspecified atom stereocenters. The van der Waals surface area contributed by atoms with Gasteiger partial charge in [0.1, 0.15) is 0 Å². The molecule has 0 aromatic carbocycles. The van der Waals surface area contributed by atoms with Crippen LogP contribution < -0.4 is 10.6 Å². The number of carbonyl (C=O) groups excluding carboxylic acids is 1. The lowest BCUT2D eigenvalue weighted by atomic mass is 9.92. The van der Waals surface area contributed by atoms with Gasteiger partial charge in [-0.25, -0.2) is 0 Å². The Morgan fingerprint density at radius 2 is 2.06 bits per heavy atom.